The predicted molar refractivity (Wildman–Crippen MR) is 92.4 cm³/mol. The van der Waals surface area contributed by atoms with E-state index in [0.717, 1.165) is 6.42 Å². The number of methoxy groups -OCH3 is 1. The highest BCUT2D eigenvalue weighted by Crippen LogP contribution is 2.32. The van der Waals surface area contributed by atoms with E-state index in [1.54, 1.807) is 25.7 Å². The third-order valence-electron chi connectivity index (χ3n) is 4.11. The Morgan fingerprint density at radius 1 is 1.27 bits per heavy atom. The van der Waals surface area contributed by atoms with Crippen LogP contribution in [0.15, 0.2) is 18.2 Å². The molecular formula is C18H24F2N2O4. The molecule has 0 radical (unpaired) electrons. The van der Waals surface area contributed by atoms with E-state index >= 15 is 0 Å². The molecule has 1 aliphatic rings. The number of likely N-dealkylation sites (tertiary alicyclic amines) is 1. The fraction of sp³-hybridized carbons (Fsp3) is 0.556. The molecule has 0 aromatic heterocycles. The van der Waals surface area contributed by atoms with Crippen molar-refractivity contribution in [2.45, 2.75) is 46.3 Å². The zero-order chi connectivity index (χ0) is 19.5. The van der Waals surface area contributed by atoms with Crippen LogP contribution in [0.25, 0.3) is 0 Å². The van der Waals surface area contributed by atoms with Gasteiger partial charge in [-0.25, -0.2) is 0 Å². The molecule has 1 N–H and O–H groups in total. The smallest absolute Gasteiger partial charge is 0.387 e. The molecule has 1 atom stereocenters. The van der Waals surface area contributed by atoms with Crippen LogP contribution in [-0.4, -0.2) is 43.0 Å². The highest BCUT2D eigenvalue weighted by molar-refractivity contribution is 5.98. The third-order valence-corrected chi connectivity index (χ3v) is 4.11. The summed E-state index contributed by atoms with van der Waals surface area (Å²) >= 11 is 0. The molecule has 0 bridgehead atoms. The molecule has 2 amide bonds. The number of benzene rings is 1. The van der Waals surface area contributed by atoms with Crippen molar-refractivity contribution in [1.82, 2.24) is 4.90 Å². The molecule has 8 heteroatoms. The number of anilines is 1. The number of nitrogens with zero attached hydrogens (tertiary/aromatic N) is 1. The van der Waals surface area contributed by atoms with Crippen molar-refractivity contribution in [3.05, 3.63) is 18.2 Å². The van der Waals surface area contributed by atoms with Gasteiger partial charge in [0, 0.05) is 23.7 Å². The van der Waals surface area contributed by atoms with Crippen LogP contribution in [0.5, 0.6) is 11.5 Å². The van der Waals surface area contributed by atoms with Gasteiger partial charge in [-0.3, -0.25) is 9.59 Å². The second-order valence-electron chi connectivity index (χ2n) is 7.14. The second-order valence-corrected chi connectivity index (χ2v) is 7.14. The molecule has 1 aromatic carbocycles. The number of nitrogens with one attached hydrogen (secondary N) is 1. The number of hydrogen-bond donors (Lipinski definition) is 1. The van der Waals surface area contributed by atoms with E-state index in [0.29, 0.717) is 18.7 Å². The van der Waals surface area contributed by atoms with Gasteiger partial charge in [-0.15, -0.1) is 0 Å². The molecule has 26 heavy (non-hydrogen) atoms. The summed E-state index contributed by atoms with van der Waals surface area (Å²) in [6.07, 6.45) is 1.30. The second kappa shape index (κ2) is 7.88. The molecule has 1 heterocycles. The first-order chi connectivity index (χ1) is 12.1. The highest BCUT2D eigenvalue weighted by Gasteiger charge is 2.38. The molecule has 1 aromatic rings. The van der Waals surface area contributed by atoms with Crippen LogP contribution in [0.4, 0.5) is 14.5 Å². The van der Waals surface area contributed by atoms with Crippen LogP contribution in [-0.2, 0) is 9.59 Å². The SMILES string of the molecule is COc1ccc(NC(=O)C2CCCN2C(=O)C(C)(C)C)cc1OC(F)F. The molecule has 144 valence electrons. The Morgan fingerprint density at radius 2 is 1.96 bits per heavy atom. The van der Waals surface area contributed by atoms with E-state index in [2.05, 4.69) is 10.1 Å². The lowest BCUT2D eigenvalue weighted by Gasteiger charge is -2.30. The van der Waals surface area contributed by atoms with Crippen molar-refractivity contribution < 1.29 is 27.8 Å². The van der Waals surface area contributed by atoms with Crippen LogP contribution in [0.2, 0.25) is 0 Å². The average molecular weight is 370 g/mol. The van der Waals surface area contributed by atoms with Crippen LogP contribution in [0, 0.1) is 5.41 Å². The van der Waals surface area contributed by atoms with Crippen molar-refractivity contribution in [3.8, 4) is 11.5 Å². The van der Waals surface area contributed by atoms with Crippen molar-refractivity contribution in [2.24, 2.45) is 5.41 Å². The standard InChI is InChI=1S/C18H24F2N2O4/c1-18(2,3)16(24)22-9-5-6-12(22)15(23)21-11-7-8-13(25-4)14(10-11)26-17(19)20/h7-8,10,12,17H,5-6,9H2,1-4H3,(H,21,23). The summed E-state index contributed by atoms with van der Waals surface area (Å²) in [6.45, 7) is 2.93. The lowest BCUT2D eigenvalue weighted by atomic mass is 9.94. The molecule has 6 nitrogen and oxygen atoms in total. The van der Waals surface area contributed by atoms with Crippen LogP contribution >= 0.6 is 0 Å². The quantitative estimate of drug-likeness (QED) is 0.864. The molecule has 1 aliphatic heterocycles. The van der Waals surface area contributed by atoms with Gasteiger partial charge in [-0.2, -0.15) is 8.78 Å². The van der Waals surface area contributed by atoms with Crippen molar-refractivity contribution >= 4 is 17.5 Å². The minimum absolute atomic E-state index is 0.0911. The van der Waals surface area contributed by atoms with Crippen LogP contribution < -0.4 is 14.8 Å². The third kappa shape index (κ3) is 4.62. The molecule has 1 unspecified atom stereocenters. The predicted octanol–water partition coefficient (Wildman–Crippen LogP) is 3.27. The summed E-state index contributed by atoms with van der Waals surface area (Å²) in [5.74, 6) is -0.483. The van der Waals surface area contributed by atoms with E-state index in [9.17, 15) is 18.4 Å². The normalized spacial score (nSPS) is 17.3. The number of carbonyl (C=O) groups excluding carboxylic acids is 2. The van der Waals surface area contributed by atoms with Gasteiger partial charge in [-0.1, -0.05) is 20.8 Å². The first-order valence-corrected chi connectivity index (χ1v) is 8.38. The van der Waals surface area contributed by atoms with Gasteiger partial charge >= 0.3 is 6.61 Å². The molecule has 0 spiro atoms. The van der Waals surface area contributed by atoms with Gasteiger partial charge < -0.3 is 19.7 Å². The summed E-state index contributed by atoms with van der Waals surface area (Å²) in [6, 6.07) is 3.65. The summed E-state index contributed by atoms with van der Waals surface area (Å²) in [5, 5.41) is 2.67. The minimum Gasteiger partial charge on any atom is -0.493 e. The topological polar surface area (TPSA) is 67.9 Å². The Bertz CT molecular complexity index is 674. The Balaban J connectivity index is 2.15. The molecule has 1 saturated heterocycles. The summed E-state index contributed by atoms with van der Waals surface area (Å²) in [5.41, 5.74) is -0.289. The zero-order valence-electron chi connectivity index (χ0n) is 15.3. The zero-order valence-corrected chi connectivity index (χ0v) is 15.3. The molecule has 0 aliphatic carbocycles. The number of rotatable bonds is 5. The van der Waals surface area contributed by atoms with Crippen molar-refractivity contribution in [2.75, 3.05) is 19.0 Å². The number of halogens is 2. The Morgan fingerprint density at radius 3 is 2.54 bits per heavy atom. The summed E-state index contributed by atoms with van der Waals surface area (Å²) in [7, 11) is 1.33. The summed E-state index contributed by atoms with van der Waals surface area (Å²) in [4.78, 5) is 26.7. The maximum Gasteiger partial charge on any atom is 0.387 e. The van der Waals surface area contributed by atoms with E-state index < -0.39 is 18.1 Å². The van der Waals surface area contributed by atoms with Gasteiger partial charge in [-0.05, 0) is 25.0 Å². The Kier molecular flexibility index (Phi) is 6.05. The maximum atomic E-state index is 12.6. The largest absolute Gasteiger partial charge is 0.493 e. The van der Waals surface area contributed by atoms with Gasteiger partial charge in [0.25, 0.3) is 0 Å². The van der Waals surface area contributed by atoms with E-state index in [4.69, 9.17) is 4.74 Å². The summed E-state index contributed by atoms with van der Waals surface area (Å²) < 4.78 is 34.4. The number of ether oxygens (including phenoxy) is 2. The monoisotopic (exact) mass is 370 g/mol. The minimum atomic E-state index is -3.01. The fourth-order valence-corrected chi connectivity index (χ4v) is 2.88. The van der Waals surface area contributed by atoms with Crippen molar-refractivity contribution in [3.63, 3.8) is 0 Å². The number of hydrogen-bond acceptors (Lipinski definition) is 4. The maximum absolute atomic E-state index is 12.6. The fourth-order valence-electron chi connectivity index (χ4n) is 2.88. The molecule has 1 fully saturated rings. The first kappa shape index (κ1) is 19.9. The average Bonchev–Trinajstić information content (AvgIpc) is 3.02. The Hall–Kier alpha value is -2.38. The molecule has 2 rings (SSSR count). The van der Waals surface area contributed by atoms with E-state index in [-0.39, 0.29) is 23.3 Å². The van der Waals surface area contributed by atoms with Crippen LogP contribution in [0.1, 0.15) is 33.6 Å². The Labute approximate surface area is 151 Å². The molecule has 0 saturated carbocycles. The molecular weight excluding hydrogens is 346 g/mol. The van der Waals surface area contributed by atoms with Crippen molar-refractivity contribution in [1.29, 1.82) is 0 Å². The van der Waals surface area contributed by atoms with Gasteiger partial charge in [0.2, 0.25) is 11.8 Å². The van der Waals surface area contributed by atoms with Crippen LogP contribution in [0.3, 0.4) is 0 Å². The number of amides is 2. The van der Waals surface area contributed by atoms with Gasteiger partial charge in [0.05, 0.1) is 7.11 Å². The first-order valence-electron chi connectivity index (χ1n) is 8.38. The lowest BCUT2D eigenvalue weighted by Crippen LogP contribution is -2.47. The lowest BCUT2D eigenvalue weighted by molar-refractivity contribution is -0.143. The van der Waals surface area contributed by atoms with Gasteiger partial charge in [0.1, 0.15) is 6.04 Å². The van der Waals surface area contributed by atoms with E-state index in [1.165, 1.54) is 25.3 Å². The number of alkyl halides is 2. The number of carbonyl (C=O) groups is 2. The highest BCUT2D eigenvalue weighted by atomic mass is 19.3. The van der Waals surface area contributed by atoms with Gasteiger partial charge in [0.15, 0.2) is 11.5 Å². The van der Waals surface area contributed by atoms with E-state index in [1.807, 2.05) is 0 Å².